The van der Waals surface area contributed by atoms with Crippen LogP contribution in [0.3, 0.4) is 0 Å². The Morgan fingerprint density at radius 2 is 1.84 bits per heavy atom. The largest absolute Gasteiger partial charge is 0.390 e. The van der Waals surface area contributed by atoms with Crippen molar-refractivity contribution in [2.45, 2.75) is 76.0 Å². The minimum atomic E-state index is -1.01. The fourth-order valence-electron chi connectivity index (χ4n) is 7.51. The Morgan fingerprint density at radius 3 is 2.58 bits per heavy atom. The zero-order chi connectivity index (χ0) is 29.9. The average Bonchev–Trinajstić information content (AvgIpc) is 3.65. The summed E-state index contributed by atoms with van der Waals surface area (Å²) in [6.07, 6.45) is 3.96. The van der Waals surface area contributed by atoms with Crippen LogP contribution in [-0.2, 0) is 30.9 Å². The molecule has 4 aliphatic rings. The summed E-state index contributed by atoms with van der Waals surface area (Å²) < 4.78 is 12.1. The maximum atomic E-state index is 14.8. The number of anilines is 1. The van der Waals surface area contributed by atoms with Crippen molar-refractivity contribution in [2.75, 3.05) is 11.5 Å². The standard InChI is InChI=1S/C35H39N3O5/c1-35(2,3)23-10-12-24(13-11-23)38(33(41)27-15-22-19-42-34-26(22)17-29(27)43-34)31(21-8-6-14-36-18-21)32(40)37-30-25-9-5-4-7-20(25)16-28(30)39/h4-14,18,22,26-31,34,39H,15-17,19H2,1-3H3,(H,37,40)/t22-,26-,27?,28-,29?,30+,31?,34-/m0/s1. The number of rotatable bonds is 6. The van der Waals surface area contributed by atoms with Crippen LogP contribution in [0.4, 0.5) is 5.69 Å². The van der Waals surface area contributed by atoms with Crippen LogP contribution in [0.1, 0.15) is 68.0 Å². The van der Waals surface area contributed by atoms with Gasteiger partial charge in [0.25, 0.3) is 0 Å². The summed E-state index contributed by atoms with van der Waals surface area (Å²) in [5.41, 5.74) is 4.20. The number of aromatic nitrogens is 1. The number of nitrogens with zero attached hydrogens (tertiary/aromatic N) is 2. The molecule has 8 atom stereocenters. The van der Waals surface area contributed by atoms with Gasteiger partial charge in [0, 0.05) is 36.0 Å². The molecule has 3 aromatic rings. The van der Waals surface area contributed by atoms with Crippen molar-refractivity contribution in [3.63, 3.8) is 0 Å². The SMILES string of the molecule is CC(C)(C)c1ccc(N(C(=O)C2C[C@H]3CO[C@H]4OC2C[C@@H]34)C(C(=O)N[C@@H]2c3ccccc3C[C@@H]2O)c2cccnc2)cc1. The predicted molar refractivity (Wildman–Crippen MR) is 161 cm³/mol. The van der Waals surface area contributed by atoms with Crippen molar-refractivity contribution in [3.05, 3.63) is 95.3 Å². The van der Waals surface area contributed by atoms with Gasteiger partial charge in [-0.05, 0) is 59.1 Å². The fraction of sp³-hybridized carbons (Fsp3) is 0.457. The maximum Gasteiger partial charge on any atom is 0.248 e. The van der Waals surface area contributed by atoms with Gasteiger partial charge in [-0.1, -0.05) is 63.2 Å². The third-order valence-corrected chi connectivity index (χ3v) is 9.82. The Kier molecular flexibility index (Phi) is 7.11. The number of pyridine rings is 1. The zero-order valence-electron chi connectivity index (χ0n) is 24.9. The van der Waals surface area contributed by atoms with Crippen molar-refractivity contribution in [1.82, 2.24) is 10.3 Å². The molecule has 0 radical (unpaired) electrons. The highest BCUT2D eigenvalue weighted by Crippen LogP contribution is 2.50. The number of nitrogens with one attached hydrogen (secondary N) is 1. The van der Waals surface area contributed by atoms with Gasteiger partial charge in [0.2, 0.25) is 11.8 Å². The molecule has 0 spiro atoms. The van der Waals surface area contributed by atoms with E-state index in [0.29, 0.717) is 36.6 Å². The van der Waals surface area contributed by atoms with Gasteiger partial charge in [0.1, 0.15) is 6.04 Å². The number of carbonyl (C=O) groups excluding carboxylic acids is 2. The van der Waals surface area contributed by atoms with E-state index in [9.17, 15) is 14.7 Å². The molecule has 1 saturated carbocycles. The first-order valence-electron chi connectivity index (χ1n) is 15.4. The Balaban J connectivity index is 1.29. The van der Waals surface area contributed by atoms with E-state index >= 15 is 0 Å². The summed E-state index contributed by atoms with van der Waals surface area (Å²) in [5.74, 6) is -0.320. The Hall–Kier alpha value is -3.59. The summed E-state index contributed by atoms with van der Waals surface area (Å²) in [6.45, 7) is 7.04. The fourth-order valence-corrected chi connectivity index (χ4v) is 7.51. The lowest BCUT2D eigenvalue weighted by molar-refractivity contribution is -0.148. The molecule has 8 heteroatoms. The molecule has 8 nitrogen and oxygen atoms in total. The van der Waals surface area contributed by atoms with Gasteiger partial charge in [0.15, 0.2) is 6.29 Å². The first kappa shape index (κ1) is 28.2. The zero-order valence-corrected chi connectivity index (χ0v) is 24.9. The first-order chi connectivity index (χ1) is 20.7. The van der Waals surface area contributed by atoms with E-state index in [-0.39, 0.29) is 35.5 Å². The van der Waals surface area contributed by atoms with E-state index in [0.717, 1.165) is 23.1 Å². The average molecular weight is 582 g/mol. The summed E-state index contributed by atoms with van der Waals surface area (Å²) >= 11 is 0. The third-order valence-electron chi connectivity index (χ3n) is 9.82. The molecular formula is C35H39N3O5. The molecule has 2 bridgehead atoms. The molecule has 2 aromatic carbocycles. The molecule has 2 aliphatic heterocycles. The number of fused-ring (bicyclic) bond motifs is 2. The highest BCUT2D eigenvalue weighted by Gasteiger charge is 2.56. The number of amides is 2. The van der Waals surface area contributed by atoms with Crippen LogP contribution in [0.2, 0.25) is 0 Å². The lowest BCUT2D eigenvalue weighted by atomic mass is 9.75. The van der Waals surface area contributed by atoms with Gasteiger partial charge in [-0.3, -0.25) is 19.5 Å². The van der Waals surface area contributed by atoms with Crippen molar-refractivity contribution in [3.8, 4) is 0 Å². The highest BCUT2D eigenvalue weighted by atomic mass is 16.7. The number of carbonyl (C=O) groups is 2. The molecule has 2 saturated heterocycles. The van der Waals surface area contributed by atoms with E-state index in [1.165, 1.54) is 0 Å². The number of aliphatic hydroxyl groups excluding tert-OH is 1. The van der Waals surface area contributed by atoms with Gasteiger partial charge in [-0.2, -0.15) is 0 Å². The van der Waals surface area contributed by atoms with Crippen LogP contribution in [0.15, 0.2) is 73.1 Å². The predicted octanol–water partition coefficient (Wildman–Crippen LogP) is 4.63. The number of aliphatic hydroxyl groups is 1. The van der Waals surface area contributed by atoms with Gasteiger partial charge < -0.3 is 19.9 Å². The molecule has 3 unspecified atom stereocenters. The Labute approximate surface area is 252 Å². The Morgan fingerprint density at radius 1 is 1.05 bits per heavy atom. The number of benzene rings is 2. The van der Waals surface area contributed by atoms with Crippen molar-refractivity contribution < 1.29 is 24.2 Å². The van der Waals surface area contributed by atoms with E-state index in [2.05, 4.69) is 31.1 Å². The van der Waals surface area contributed by atoms with Crippen LogP contribution in [0.5, 0.6) is 0 Å². The van der Waals surface area contributed by atoms with Crippen LogP contribution < -0.4 is 10.2 Å². The van der Waals surface area contributed by atoms with Crippen molar-refractivity contribution >= 4 is 17.5 Å². The second-order valence-corrected chi connectivity index (χ2v) is 13.5. The second-order valence-electron chi connectivity index (χ2n) is 13.5. The molecule has 2 amide bonds. The molecule has 7 rings (SSSR count). The summed E-state index contributed by atoms with van der Waals surface area (Å²) in [6, 6.07) is 17.7. The second kappa shape index (κ2) is 10.8. The number of hydrogen-bond acceptors (Lipinski definition) is 6. The lowest BCUT2D eigenvalue weighted by Gasteiger charge is -2.38. The lowest BCUT2D eigenvalue weighted by Crippen LogP contribution is -2.50. The molecule has 3 heterocycles. The minimum absolute atomic E-state index is 0.0746. The third kappa shape index (κ3) is 5.05. The minimum Gasteiger partial charge on any atom is -0.390 e. The van der Waals surface area contributed by atoms with Crippen LogP contribution in [0, 0.1) is 17.8 Å². The smallest absolute Gasteiger partial charge is 0.248 e. The van der Waals surface area contributed by atoms with Crippen LogP contribution in [-0.4, -0.2) is 47.0 Å². The number of hydrogen-bond donors (Lipinski definition) is 2. The monoisotopic (exact) mass is 581 g/mol. The first-order valence-corrected chi connectivity index (χ1v) is 15.4. The summed E-state index contributed by atoms with van der Waals surface area (Å²) in [7, 11) is 0. The highest BCUT2D eigenvalue weighted by molar-refractivity contribution is 6.02. The van der Waals surface area contributed by atoms with E-state index in [1.54, 1.807) is 23.4 Å². The summed E-state index contributed by atoms with van der Waals surface area (Å²) in [4.78, 5) is 35.3. The van der Waals surface area contributed by atoms with Crippen molar-refractivity contribution in [1.29, 1.82) is 0 Å². The molecule has 224 valence electrons. The van der Waals surface area contributed by atoms with E-state index < -0.39 is 24.1 Å². The topological polar surface area (TPSA) is 101 Å². The Bertz CT molecular complexity index is 1500. The van der Waals surface area contributed by atoms with Gasteiger partial charge >= 0.3 is 0 Å². The van der Waals surface area contributed by atoms with Gasteiger partial charge in [-0.25, -0.2) is 0 Å². The molecular weight excluding hydrogens is 542 g/mol. The van der Waals surface area contributed by atoms with E-state index in [1.807, 2.05) is 54.6 Å². The van der Waals surface area contributed by atoms with Crippen LogP contribution >= 0.6 is 0 Å². The number of ether oxygens (including phenoxy) is 2. The van der Waals surface area contributed by atoms with E-state index in [4.69, 9.17) is 9.47 Å². The molecule has 2 N–H and O–H groups in total. The molecule has 43 heavy (non-hydrogen) atoms. The quantitative estimate of drug-likeness (QED) is 0.441. The van der Waals surface area contributed by atoms with Gasteiger partial charge in [-0.15, -0.1) is 0 Å². The normalized spacial score (nSPS) is 29.6. The molecule has 3 fully saturated rings. The van der Waals surface area contributed by atoms with Crippen LogP contribution in [0.25, 0.3) is 0 Å². The maximum absolute atomic E-state index is 14.8. The van der Waals surface area contributed by atoms with Crippen molar-refractivity contribution in [2.24, 2.45) is 17.8 Å². The van der Waals surface area contributed by atoms with Gasteiger partial charge in [0.05, 0.1) is 30.8 Å². The molecule has 2 aliphatic carbocycles. The molecule has 1 aromatic heterocycles. The summed E-state index contributed by atoms with van der Waals surface area (Å²) in [5, 5.41) is 14.1.